The summed E-state index contributed by atoms with van der Waals surface area (Å²) in [5.41, 5.74) is 0. The molecule has 0 saturated carbocycles. The maximum atomic E-state index is 8.70. The molecular weight excluding hydrogens is 218 g/mol. The van der Waals surface area contributed by atoms with Crippen LogP contribution in [-0.2, 0) is 0 Å². The fraction of sp³-hybridized carbons (Fsp3) is 1.00. The van der Waals surface area contributed by atoms with Crippen LogP contribution in [0, 0.1) is 5.92 Å². The van der Waals surface area contributed by atoms with E-state index in [1.807, 2.05) is 0 Å². The topological polar surface area (TPSA) is 23.5 Å². The summed E-state index contributed by atoms with van der Waals surface area (Å²) in [7, 11) is 2.06. The van der Waals surface area contributed by atoms with Crippen molar-refractivity contribution in [1.29, 1.82) is 0 Å². The van der Waals surface area contributed by atoms with Crippen LogP contribution < -0.4 is 0 Å². The molecule has 0 aromatic heterocycles. The Labute approximate surface area is 84.1 Å². The molecule has 0 fully saturated rings. The van der Waals surface area contributed by atoms with Gasteiger partial charge in [0.2, 0.25) is 0 Å². The van der Waals surface area contributed by atoms with Crippen LogP contribution in [0.15, 0.2) is 0 Å². The second-order valence-corrected chi connectivity index (χ2v) is 3.94. The van der Waals surface area contributed by atoms with Crippen molar-refractivity contribution in [2.45, 2.75) is 19.8 Å². The molecule has 1 unspecified atom stereocenters. The van der Waals surface area contributed by atoms with Gasteiger partial charge in [-0.15, -0.1) is 0 Å². The highest BCUT2D eigenvalue weighted by Gasteiger charge is 2.08. The van der Waals surface area contributed by atoms with Gasteiger partial charge < -0.3 is 10.0 Å². The molecule has 1 atom stereocenters. The van der Waals surface area contributed by atoms with E-state index in [9.17, 15) is 0 Å². The first kappa shape index (κ1) is 12.4. The van der Waals surface area contributed by atoms with Crippen LogP contribution in [0.5, 0.6) is 0 Å². The molecule has 74 valence electrons. The van der Waals surface area contributed by atoms with Crippen LogP contribution in [-0.4, -0.2) is 42.1 Å². The highest BCUT2D eigenvalue weighted by atomic mass is 79.9. The number of hydrogen-bond acceptors (Lipinski definition) is 2. The lowest BCUT2D eigenvalue weighted by atomic mass is 10.1. The Kier molecular flexibility index (Phi) is 8.29. The van der Waals surface area contributed by atoms with Gasteiger partial charge in [0.15, 0.2) is 0 Å². The number of alkyl halides is 1. The van der Waals surface area contributed by atoms with Crippen molar-refractivity contribution in [3.63, 3.8) is 0 Å². The van der Waals surface area contributed by atoms with Gasteiger partial charge in [-0.25, -0.2) is 0 Å². The van der Waals surface area contributed by atoms with Crippen molar-refractivity contribution in [3.05, 3.63) is 0 Å². The van der Waals surface area contributed by atoms with Gasteiger partial charge in [0.25, 0.3) is 0 Å². The van der Waals surface area contributed by atoms with E-state index in [2.05, 4.69) is 34.8 Å². The van der Waals surface area contributed by atoms with Gasteiger partial charge in [-0.2, -0.15) is 0 Å². The van der Waals surface area contributed by atoms with Crippen molar-refractivity contribution in [1.82, 2.24) is 4.90 Å². The van der Waals surface area contributed by atoms with Crippen LogP contribution in [0.3, 0.4) is 0 Å². The van der Waals surface area contributed by atoms with E-state index in [0.29, 0.717) is 0 Å². The highest BCUT2D eigenvalue weighted by Crippen LogP contribution is 2.10. The molecule has 0 amide bonds. The Morgan fingerprint density at radius 1 is 1.50 bits per heavy atom. The van der Waals surface area contributed by atoms with Crippen molar-refractivity contribution in [3.8, 4) is 0 Å². The van der Waals surface area contributed by atoms with E-state index < -0.39 is 0 Å². The lowest BCUT2D eigenvalue weighted by Crippen LogP contribution is -2.29. The molecule has 0 rings (SSSR count). The highest BCUT2D eigenvalue weighted by molar-refractivity contribution is 9.09. The van der Waals surface area contributed by atoms with Gasteiger partial charge in [0.1, 0.15) is 0 Å². The minimum atomic E-state index is 0.262. The maximum absolute atomic E-state index is 8.70. The molecule has 0 radical (unpaired) electrons. The summed E-state index contributed by atoms with van der Waals surface area (Å²) in [6.07, 6.45) is 2.50. The Bertz CT molecular complexity index is 101. The average molecular weight is 238 g/mol. The molecule has 0 heterocycles. The zero-order valence-corrected chi connectivity index (χ0v) is 9.68. The zero-order chi connectivity index (χ0) is 9.40. The molecular formula is C9H20BrNO. The van der Waals surface area contributed by atoms with Gasteiger partial charge in [0, 0.05) is 18.4 Å². The smallest absolute Gasteiger partial charge is 0.0558 e. The first-order valence-electron chi connectivity index (χ1n) is 4.60. The molecule has 0 spiro atoms. The number of rotatable bonds is 7. The van der Waals surface area contributed by atoms with E-state index >= 15 is 0 Å². The monoisotopic (exact) mass is 237 g/mol. The molecule has 0 aliphatic heterocycles. The Balaban J connectivity index is 3.53. The minimum Gasteiger partial charge on any atom is -0.395 e. The summed E-state index contributed by atoms with van der Waals surface area (Å²) < 4.78 is 0. The third-order valence-electron chi connectivity index (χ3n) is 1.97. The lowest BCUT2D eigenvalue weighted by Gasteiger charge is -2.21. The van der Waals surface area contributed by atoms with Crippen LogP contribution in [0.2, 0.25) is 0 Å². The molecule has 0 aliphatic rings. The van der Waals surface area contributed by atoms with Gasteiger partial charge in [-0.3, -0.25) is 0 Å². The number of likely N-dealkylation sites (N-methyl/N-ethyl adjacent to an activating group) is 1. The molecule has 0 aromatic carbocycles. The summed E-state index contributed by atoms with van der Waals surface area (Å²) in [4.78, 5) is 2.18. The van der Waals surface area contributed by atoms with Crippen molar-refractivity contribution in [2.75, 3.05) is 32.1 Å². The van der Waals surface area contributed by atoms with E-state index in [-0.39, 0.29) is 6.61 Å². The number of hydrogen-bond donors (Lipinski definition) is 1. The average Bonchev–Trinajstić information content (AvgIpc) is 2.04. The van der Waals surface area contributed by atoms with Crippen molar-refractivity contribution < 1.29 is 5.11 Å². The van der Waals surface area contributed by atoms with Crippen molar-refractivity contribution >= 4 is 15.9 Å². The Hall–Kier alpha value is 0.400. The number of halogens is 1. The van der Waals surface area contributed by atoms with Gasteiger partial charge in [0.05, 0.1) is 6.61 Å². The number of aliphatic hydroxyl groups excluding tert-OH is 1. The standard InChI is InChI=1S/C9H20BrNO/c1-3-4-9(7-10)8-11(2)5-6-12/h9,12H,3-8H2,1-2H3. The molecule has 3 heteroatoms. The molecule has 12 heavy (non-hydrogen) atoms. The van der Waals surface area contributed by atoms with E-state index in [1.165, 1.54) is 12.8 Å². The number of nitrogens with zero attached hydrogens (tertiary/aromatic N) is 1. The summed E-state index contributed by atoms with van der Waals surface area (Å²) >= 11 is 3.51. The molecule has 0 aromatic rings. The second kappa shape index (κ2) is 8.02. The quantitative estimate of drug-likeness (QED) is 0.683. The largest absolute Gasteiger partial charge is 0.395 e. The Morgan fingerprint density at radius 3 is 2.58 bits per heavy atom. The summed E-state index contributed by atoms with van der Waals surface area (Å²) in [5.74, 6) is 0.728. The van der Waals surface area contributed by atoms with Crippen LogP contribution in [0.25, 0.3) is 0 Å². The predicted molar refractivity (Wildman–Crippen MR) is 56.8 cm³/mol. The van der Waals surface area contributed by atoms with Gasteiger partial charge >= 0.3 is 0 Å². The number of aliphatic hydroxyl groups is 1. The van der Waals surface area contributed by atoms with E-state index in [4.69, 9.17) is 5.11 Å². The minimum absolute atomic E-state index is 0.262. The van der Waals surface area contributed by atoms with Crippen molar-refractivity contribution in [2.24, 2.45) is 5.92 Å². The second-order valence-electron chi connectivity index (χ2n) is 3.29. The third kappa shape index (κ3) is 5.98. The van der Waals surface area contributed by atoms with E-state index in [1.54, 1.807) is 0 Å². The zero-order valence-electron chi connectivity index (χ0n) is 8.09. The first-order chi connectivity index (χ1) is 5.74. The Morgan fingerprint density at radius 2 is 2.17 bits per heavy atom. The SMILES string of the molecule is CCCC(CBr)CN(C)CCO. The van der Waals surface area contributed by atoms with Crippen LogP contribution in [0.1, 0.15) is 19.8 Å². The van der Waals surface area contributed by atoms with Crippen LogP contribution >= 0.6 is 15.9 Å². The van der Waals surface area contributed by atoms with Gasteiger partial charge in [-0.05, 0) is 19.4 Å². The maximum Gasteiger partial charge on any atom is 0.0558 e. The molecule has 0 bridgehead atoms. The fourth-order valence-corrected chi connectivity index (χ4v) is 1.86. The van der Waals surface area contributed by atoms with Crippen LogP contribution in [0.4, 0.5) is 0 Å². The fourth-order valence-electron chi connectivity index (χ4n) is 1.33. The molecule has 0 saturated heterocycles. The normalized spacial score (nSPS) is 13.8. The van der Waals surface area contributed by atoms with E-state index in [0.717, 1.165) is 24.3 Å². The molecule has 0 aliphatic carbocycles. The molecule has 2 nitrogen and oxygen atoms in total. The third-order valence-corrected chi connectivity index (χ3v) is 2.88. The summed E-state index contributed by atoms with van der Waals surface area (Å²) in [6, 6.07) is 0. The first-order valence-corrected chi connectivity index (χ1v) is 5.72. The molecule has 1 N–H and O–H groups in total. The lowest BCUT2D eigenvalue weighted by molar-refractivity contribution is 0.204. The predicted octanol–water partition coefficient (Wildman–Crippen LogP) is 1.72. The summed E-state index contributed by atoms with van der Waals surface area (Å²) in [6.45, 7) is 4.34. The van der Waals surface area contributed by atoms with Gasteiger partial charge in [-0.1, -0.05) is 29.3 Å². The summed E-state index contributed by atoms with van der Waals surface area (Å²) in [5, 5.41) is 9.76.